The zero-order valence-corrected chi connectivity index (χ0v) is 12.2. The molecule has 0 aliphatic heterocycles. The topological polar surface area (TPSA) is 99.2 Å². The Labute approximate surface area is 132 Å². The van der Waals surface area contributed by atoms with Crippen LogP contribution < -0.4 is 15.4 Å². The van der Waals surface area contributed by atoms with Gasteiger partial charge in [-0.2, -0.15) is 5.26 Å². The molecule has 2 aromatic carbocycles. The summed E-state index contributed by atoms with van der Waals surface area (Å²) in [6.07, 6.45) is 0. The summed E-state index contributed by atoms with van der Waals surface area (Å²) < 4.78 is 1.07. The van der Waals surface area contributed by atoms with Gasteiger partial charge in [-0.15, -0.1) is 0 Å². The molecule has 0 saturated heterocycles. The lowest BCUT2D eigenvalue weighted by atomic mass is 10.2. The number of amides is 3. The summed E-state index contributed by atoms with van der Waals surface area (Å²) in [5.41, 5.74) is 6.69. The van der Waals surface area contributed by atoms with Crippen LogP contribution in [-0.2, 0) is 0 Å². The second kappa shape index (κ2) is 6.65. The van der Waals surface area contributed by atoms with Crippen LogP contribution in [-0.4, -0.2) is 11.9 Å². The normalized spacial score (nSPS) is 9.64. The Balaban J connectivity index is 2.15. The van der Waals surface area contributed by atoms with Gasteiger partial charge < -0.3 is 11.1 Å². The lowest BCUT2D eigenvalue weighted by Gasteiger charge is -2.17. The predicted molar refractivity (Wildman–Crippen MR) is 86.6 cm³/mol. The summed E-state index contributed by atoms with van der Waals surface area (Å²) in [6, 6.07) is 14.2. The van der Waals surface area contributed by atoms with Gasteiger partial charge in [0.05, 0.1) is 16.9 Å². The Kier molecular flexibility index (Phi) is 4.66. The summed E-state index contributed by atoms with van der Waals surface area (Å²) in [6.45, 7) is 0. The zero-order chi connectivity index (χ0) is 16.1. The summed E-state index contributed by atoms with van der Waals surface area (Å²) in [4.78, 5) is 23.1. The highest BCUT2D eigenvalue weighted by Crippen LogP contribution is 2.20. The second-order valence-corrected chi connectivity index (χ2v) is 4.71. The number of hydrogen-bond donors (Lipinski definition) is 3. The van der Waals surface area contributed by atoms with Gasteiger partial charge in [0.25, 0.3) is 0 Å². The average Bonchev–Trinajstić information content (AvgIpc) is 2.54. The van der Waals surface area contributed by atoms with E-state index in [0.29, 0.717) is 22.5 Å². The maximum absolute atomic E-state index is 12.1. The highest BCUT2D eigenvalue weighted by molar-refractivity contribution is 7.82. The Hall–Kier alpha value is -2.98. The molecule has 2 rings (SSSR count). The number of rotatable bonds is 3. The van der Waals surface area contributed by atoms with E-state index in [0.717, 1.165) is 4.31 Å². The quantitative estimate of drug-likeness (QED) is 0.759. The van der Waals surface area contributed by atoms with Crippen molar-refractivity contribution in [2.45, 2.75) is 0 Å². The molecule has 0 radical (unpaired) electrons. The van der Waals surface area contributed by atoms with Gasteiger partial charge in [0.1, 0.15) is 6.07 Å². The van der Waals surface area contributed by atoms with Gasteiger partial charge in [0.15, 0.2) is 0 Å². The number of nitrogens with one attached hydrogen (secondary N) is 1. The minimum Gasteiger partial charge on any atom is -0.366 e. The summed E-state index contributed by atoms with van der Waals surface area (Å²) in [5.74, 6) is -0.551. The molecule has 22 heavy (non-hydrogen) atoms. The van der Waals surface area contributed by atoms with Gasteiger partial charge in [0.2, 0.25) is 5.91 Å². The van der Waals surface area contributed by atoms with Gasteiger partial charge >= 0.3 is 6.03 Å². The number of thiol groups is 1. The van der Waals surface area contributed by atoms with E-state index < -0.39 is 11.9 Å². The molecule has 7 heteroatoms. The van der Waals surface area contributed by atoms with Crippen molar-refractivity contribution in [3.05, 3.63) is 59.7 Å². The lowest BCUT2D eigenvalue weighted by Crippen LogP contribution is -2.27. The maximum atomic E-state index is 12.1. The van der Waals surface area contributed by atoms with Crippen LogP contribution in [0.15, 0.2) is 48.5 Å². The van der Waals surface area contributed by atoms with Gasteiger partial charge in [-0.05, 0) is 36.4 Å². The van der Waals surface area contributed by atoms with Crippen molar-refractivity contribution < 1.29 is 9.59 Å². The van der Waals surface area contributed by atoms with E-state index in [1.54, 1.807) is 36.4 Å². The van der Waals surface area contributed by atoms with E-state index >= 15 is 0 Å². The highest BCUT2D eigenvalue weighted by atomic mass is 32.1. The van der Waals surface area contributed by atoms with Gasteiger partial charge in [-0.1, -0.05) is 24.9 Å². The molecule has 0 fully saturated rings. The van der Waals surface area contributed by atoms with E-state index in [4.69, 9.17) is 11.0 Å². The molecule has 110 valence electrons. The first-order valence-electron chi connectivity index (χ1n) is 6.22. The van der Waals surface area contributed by atoms with Gasteiger partial charge in [-0.3, -0.25) is 4.79 Å². The largest absolute Gasteiger partial charge is 0.366 e. The van der Waals surface area contributed by atoms with Crippen molar-refractivity contribution in [1.82, 2.24) is 0 Å². The van der Waals surface area contributed by atoms with Crippen molar-refractivity contribution in [2.75, 3.05) is 9.62 Å². The zero-order valence-electron chi connectivity index (χ0n) is 11.4. The highest BCUT2D eigenvalue weighted by Gasteiger charge is 2.14. The molecule has 3 N–H and O–H groups in total. The minimum absolute atomic E-state index is 0.334. The first-order chi connectivity index (χ1) is 10.5. The molecular formula is C15H12N4O2S. The standard InChI is InChI=1S/C15H12N4O2S/c16-9-11-3-1-2-4-13(11)18-15(21)19(22)12-7-5-10(6-8-12)14(17)20/h1-8,22H,(H2,17,20)(H,18,21). The molecule has 2 aromatic rings. The first kappa shape index (κ1) is 15.4. The maximum Gasteiger partial charge on any atom is 0.336 e. The fraction of sp³-hybridized carbons (Fsp3) is 0. The molecule has 0 spiro atoms. The summed E-state index contributed by atoms with van der Waals surface area (Å²) in [5, 5.41) is 11.6. The van der Waals surface area contributed by atoms with E-state index in [9.17, 15) is 9.59 Å². The van der Waals surface area contributed by atoms with Crippen molar-refractivity contribution >= 4 is 36.1 Å². The molecule has 0 aliphatic rings. The fourth-order valence-corrected chi connectivity index (χ4v) is 1.93. The second-order valence-electron chi connectivity index (χ2n) is 4.31. The third kappa shape index (κ3) is 3.37. The van der Waals surface area contributed by atoms with Crippen LogP contribution in [0.1, 0.15) is 15.9 Å². The Morgan fingerprint density at radius 3 is 2.36 bits per heavy atom. The van der Waals surface area contributed by atoms with Crippen LogP contribution >= 0.6 is 12.8 Å². The number of nitrogens with zero attached hydrogens (tertiary/aromatic N) is 2. The van der Waals surface area contributed by atoms with Crippen molar-refractivity contribution in [2.24, 2.45) is 5.73 Å². The van der Waals surface area contributed by atoms with E-state index in [1.165, 1.54) is 12.1 Å². The third-order valence-electron chi connectivity index (χ3n) is 2.88. The van der Waals surface area contributed by atoms with Crippen LogP contribution in [0.5, 0.6) is 0 Å². The number of anilines is 2. The molecule has 6 nitrogen and oxygen atoms in total. The number of benzene rings is 2. The molecule has 0 heterocycles. The Morgan fingerprint density at radius 1 is 1.14 bits per heavy atom. The van der Waals surface area contributed by atoms with Crippen LogP contribution in [0, 0.1) is 11.3 Å². The van der Waals surface area contributed by atoms with E-state index in [-0.39, 0.29) is 0 Å². The number of urea groups is 1. The lowest BCUT2D eigenvalue weighted by molar-refractivity contribution is 0.100. The van der Waals surface area contributed by atoms with Gasteiger partial charge in [0, 0.05) is 5.56 Å². The van der Waals surface area contributed by atoms with Crippen molar-refractivity contribution in [3.8, 4) is 6.07 Å². The van der Waals surface area contributed by atoms with Crippen molar-refractivity contribution in [3.63, 3.8) is 0 Å². The molecule has 0 aliphatic carbocycles. The molecule has 0 aromatic heterocycles. The molecule has 0 unspecified atom stereocenters. The molecule has 0 bridgehead atoms. The summed E-state index contributed by atoms with van der Waals surface area (Å²) >= 11 is 4.12. The SMILES string of the molecule is N#Cc1ccccc1NC(=O)N(S)c1ccc(C(N)=O)cc1. The number of hydrogen-bond acceptors (Lipinski definition) is 4. The van der Waals surface area contributed by atoms with Crippen LogP contribution in [0.4, 0.5) is 16.2 Å². The predicted octanol–water partition coefficient (Wildman–Crippen LogP) is 2.54. The molecule has 0 atom stereocenters. The molecule has 3 amide bonds. The third-order valence-corrected chi connectivity index (χ3v) is 3.29. The minimum atomic E-state index is -0.551. The monoisotopic (exact) mass is 312 g/mol. The summed E-state index contributed by atoms with van der Waals surface area (Å²) in [7, 11) is 0. The Bertz CT molecular complexity index is 753. The first-order valence-corrected chi connectivity index (χ1v) is 6.62. The number of nitriles is 1. The van der Waals surface area contributed by atoms with Crippen LogP contribution in [0.2, 0.25) is 0 Å². The van der Waals surface area contributed by atoms with E-state index in [1.807, 2.05) is 6.07 Å². The average molecular weight is 312 g/mol. The number of para-hydroxylation sites is 1. The number of primary amides is 1. The van der Waals surface area contributed by atoms with Gasteiger partial charge in [-0.25, -0.2) is 9.10 Å². The number of carbonyl (C=O) groups is 2. The fourth-order valence-electron chi connectivity index (χ4n) is 1.74. The molecule has 0 saturated carbocycles. The smallest absolute Gasteiger partial charge is 0.336 e. The Morgan fingerprint density at radius 2 is 1.77 bits per heavy atom. The van der Waals surface area contributed by atoms with E-state index in [2.05, 4.69) is 18.1 Å². The van der Waals surface area contributed by atoms with Crippen molar-refractivity contribution in [1.29, 1.82) is 5.26 Å². The van der Waals surface area contributed by atoms with Crippen LogP contribution in [0.25, 0.3) is 0 Å². The molecular weight excluding hydrogens is 300 g/mol. The number of nitrogens with two attached hydrogens (primary N) is 1. The van der Waals surface area contributed by atoms with Crippen LogP contribution in [0.3, 0.4) is 0 Å². The number of carbonyl (C=O) groups excluding carboxylic acids is 2.